The van der Waals surface area contributed by atoms with Gasteiger partial charge < -0.3 is 0 Å². The molecule has 0 nitrogen and oxygen atoms in total. The molecule has 0 aliphatic carbocycles. The Morgan fingerprint density at radius 1 is 1.29 bits per heavy atom. The van der Waals surface area contributed by atoms with Crippen LogP contribution in [-0.2, 0) is 6.42 Å². The van der Waals surface area contributed by atoms with Crippen molar-refractivity contribution in [2.24, 2.45) is 0 Å². The Bertz CT molecular complexity index is 284. The maximum absolute atomic E-state index is 3.41. The van der Waals surface area contributed by atoms with Crippen LogP contribution in [0.4, 0.5) is 0 Å². The number of hydrogen-bond donors (Lipinski definition) is 0. The van der Waals surface area contributed by atoms with Crippen LogP contribution >= 0.6 is 0 Å². The first-order valence-corrected chi connectivity index (χ1v) is 9.05. The minimum atomic E-state index is -1.16. The molecule has 0 amide bonds. The van der Waals surface area contributed by atoms with E-state index in [1.165, 1.54) is 24.8 Å². The van der Waals surface area contributed by atoms with Gasteiger partial charge in [-0.05, 0) is 24.5 Å². The summed E-state index contributed by atoms with van der Waals surface area (Å²) in [5.41, 5.74) is 1.47. The Morgan fingerprint density at radius 3 is 2.57 bits per heavy atom. The zero-order valence-corrected chi connectivity index (χ0v) is 10.9. The lowest BCUT2D eigenvalue weighted by atomic mass is 10.1. The van der Waals surface area contributed by atoms with E-state index in [0.717, 1.165) is 0 Å². The number of benzene rings is 1. The molecule has 1 aromatic carbocycles. The fourth-order valence-electron chi connectivity index (χ4n) is 1.73. The van der Waals surface area contributed by atoms with Crippen LogP contribution in [0, 0.1) is 6.07 Å². The summed E-state index contributed by atoms with van der Waals surface area (Å²) in [6.07, 6.45) is 3.77. The fourth-order valence-corrected chi connectivity index (χ4v) is 3.43. The lowest BCUT2D eigenvalue weighted by Crippen LogP contribution is -2.40. The van der Waals surface area contributed by atoms with Crippen LogP contribution in [0.25, 0.3) is 0 Å². The highest BCUT2D eigenvalue weighted by atomic mass is 28.3. The van der Waals surface area contributed by atoms with Crippen molar-refractivity contribution in [3.63, 3.8) is 0 Å². The minimum Gasteiger partial charge on any atom is -0.0656 e. The van der Waals surface area contributed by atoms with Crippen LogP contribution < -0.4 is 5.19 Å². The number of unbranched alkanes of at least 4 members (excludes halogenated alkanes) is 1. The molecule has 0 unspecified atom stereocenters. The van der Waals surface area contributed by atoms with Crippen LogP contribution in [-0.4, -0.2) is 8.07 Å². The third-order valence-corrected chi connectivity index (χ3v) is 4.61. The maximum atomic E-state index is 3.41. The van der Waals surface area contributed by atoms with Crippen molar-refractivity contribution in [2.75, 3.05) is 0 Å². The van der Waals surface area contributed by atoms with Gasteiger partial charge in [-0.3, -0.25) is 0 Å². The topological polar surface area (TPSA) is 0 Å². The molecule has 1 radical (unpaired) electrons. The standard InChI is InChI=1S/C13H21Si/c1-5-6-9-12-10-7-8-11-13(12)14(2,3)4/h7-8,11H,5-6,9H2,1-4H3. The molecular formula is C13H21Si. The van der Waals surface area contributed by atoms with Gasteiger partial charge in [-0.15, -0.1) is 0 Å². The Labute approximate surface area is 89.4 Å². The number of hydrogen-bond acceptors (Lipinski definition) is 0. The molecule has 0 fully saturated rings. The summed E-state index contributed by atoms with van der Waals surface area (Å²) in [6, 6.07) is 9.89. The van der Waals surface area contributed by atoms with E-state index in [9.17, 15) is 0 Å². The van der Waals surface area contributed by atoms with Crippen molar-refractivity contribution in [1.29, 1.82) is 0 Å². The molecule has 0 saturated carbocycles. The van der Waals surface area contributed by atoms with Gasteiger partial charge in [0.1, 0.15) is 0 Å². The predicted octanol–water partition coefficient (Wildman–Crippen LogP) is 3.37. The van der Waals surface area contributed by atoms with Gasteiger partial charge in [0, 0.05) is 0 Å². The molecule has 0 aromatic heterocycles. The summed E-state index contributed by atoms with van der Waals surface area (Å²) < 4.78 is 0. The molecule has 0 N–H and O–H groups in total. The molecular weight excluding hydrogens is 184 g/mol. The van der Waals surface area contributed by atoms with Gasteiger partial charge in [0.15, 0.2) is 0 Å². The van der Waals surface area contributed by atoms with Gasteiger partial charge in [-0.1, -0.05) is 56.4 Å². The summed E-state index contributed by atoms with van der Waals surface area (Å²) in [5.74, 6) is 0. The maximum Gasteiger partial charge on any atom is 0.0779 e. The second-order valence-corrected chi connectivity index (χ2v) is 9.95. The van der Waals surface area contributed by atoms with Crippen molar-refractivity contribution in [3.8, 4) is 0 Å². The van der Waals surface area contributed by atoms with E-state index < -0.39 is 8.07 Å². The molecule has 0 atom stereocenters. The van der Waals surface area contributed by atoms with Crippen LogP contribution in [0.3, 0.4) is 0 Å². The lowest BCUT2D eigenvalue weighted by Gasteiger charge is -2.20. The molecule has 0 bridgehead atoms. The van der Waals surface area contributed by atoms with E-state index in [1.807, 2.05) is 0 Å². The first-order valence-electron chi connectivity index (χ1n) is 5.55. The molecule has 0 aliphatic rings. The van der Waals surface area contributed by atoms with Crippen molar-refractivity contribution in [2.45, 2.75) is 45.8 Å². The predicted molar refractivity (Wildman–Crippen MR) is 66.9 cm³/mol. The molecule has 0 saturated heterocycles. The minimum absolute atomic E-state index is 1.16. The largest absolute Gasteiger partial charge is 0.0779 e. The fraction of sp³-hybridized carbons (Fsp3) is 0.538. The quantitative estimate of drug-likeness (QED) is 0.661. The summed E-state index contributed by atoms with van der Waals surface area (Å²) in [6.45, 7) is 9.47. The van der Waals surface area contributed by atoms with E-state index in [4.69, 9.17) is 0 Å². The van der Waals surface area contributed by atoms with Crippen molar-refractivity contribution in [3.05, 3.63) is 29.8 Å². The molecule has 0 heterocycles. The molecule has 14 heavy (non-hydrogen) atoms. The molecule has 1 heteroatoms. The van der Waals surface area contributed by atoms with Gasteiger partial charge in [0.25, 0.3) is 0 Å². The third-order valence-electron chi connectivity index (χ3n) is 2.53. The summed E-state index contributed by atoms with van der Waals surface area (Å²) in [4.78, 5) is 0. The zero-order valence-electron chi connectivity index (χ0n) is 9.85. The average molecular weight is 205 g/mol. The van der Waals surface area contributed by atoms with Gasteiger partial charge >= 0.3 is 0 Å². The molecule has 1 aromatic rings. The van der Waals surface area contributed by atoms with Crippen molar-refractivity contribution < 1.29 is 0 Å². The monoisotopic (exact) mass is 205 g/mol. The van der Waals surface area contributed by atoms with Crippen molar-refractivity contribution >= 4 is 13.3 Å². The molecule has 77 valence electrons. The van der Waals surface area contributed by atoms with E-state index in [2.05, 4.69) is 50.8 Å². The Morgan fingerprint density at radius 2 is 2.00 bits per heavy atom. The lowest BCUT2D eigenvalue weighted by molar-refractivity contribution is 0.796. The second-order valence-electron chi connectivity index (χ2n) is 4.92. The normalized spacial score (nSPS) is 11.7. The van der Waals surface area contributed by atoms with E-state index in [1.54, 1.807) is 5.19 Å². The average Bonchev–Trinajstić information content (AvgIpc) is 2.14. The third kappa shape index (κ3) is 2.98. The van der Waals surface area contributed by atoms with Crippen LogP contribution in [0.1, 0.15) is 25.3 Å². The summed E-state index contributed by atoms with van der Waals surface area (Å²) >= 11 is 0. The van der Waals surface area contributed by atoms with Crippen molar-refractivity contribution in [1.82, 2.24) is 0 Å². The highest BCUT2D eigenvalue weighted by molar-refractivity contribution is 6.89. The van der Waals surface area contributed by atoms with E-state index in [0.29, 0.717) is 0 Å². The Hall–Kier alpha value is -0.563. The highest BCUT2D eigenvalue weighted by Crippen LogP contribution is 2.09. The van der Waals surface area contributed by atoms with Gasteiger partial charge in [0.05, 0.1) is 8.07 Å². The van der Waals surface area contributed by atoms with Crippen LogP contribution in [0.15, 0.2) is 18.2 Å². The van der Waals surface area contributed by atoms with Gasteiger partial charge in [0.2, 0.25) is 0 Å². The van der Waals surface area contributed by atoms with Crippen LogP contribution in [0.2, 0.25) is 19.6 Å². The Balaban J connectivity index is 2.92. The Kier molecular flexibility index (Phi) is 3.94. The molecule has 1 rings (SSSR count). The number of rotatable bonds is 4. The molecule has 0 aliphatic heterocycles. The highest BCUT2D eigenvalue weighted by Gasteiger charge is 2.18. The number of aryl methyl sites for hydroxylation is 1. The summed E-state index contributed by atoms with van der Waals surface area (Å²) in [7, 11) is -1.16. The van der Waals surface area contributed by atoms with Crippen LogP contribution in [0.5, 0.6) is 0 Å². The van der Waals surface area contributed by atoms with E-state index >= 15 is 0 Å². The first-order chi connectivity index (χ1) is 6.55. The van der Waals surface area contributed by atoms with Gasteiger partial charge in [-0.2, -0.15) is 0 Å². The SMILES string of the molecule is CCCCc1[c]cccc1[Si](C)(C)C. The summed E-state index contributed by atoms with van der Waals surface area (Å²) in [5, 5.41) is 1.59. The van der Waals surface area contributed by atoms with Gasteiger partial charge in [-0.25, -0.2) is 0 Å². The molecule has 0 spiro atoms. The second kappa shape index (κ2) is 4.79. The zero-order chi connectivity index (χ0) is 10.6. The van der Waals surface area contributed by atoms with E-state index in [-0.39, 0.29) is 0 Å². The first kappa shape index (κ1) is 11.5. The smallest absolute Gasteiger partial charge is 0.0656 e.